The second-order valence-corrected chi connectivity index (χ2v) is 7.46. The van der Waals surface area contributed by atoms with Gasteiger partial charge in [0.1, 0.15) is 11.5 Å². The Kier molecular flexibility index (Phi) is 9.60. The topological polar surface area (TPSA) is 125 Å². The van der Waals surface area contributed by atoms with Gasteiger partial charge in [-0.15, -0.1) is 0 Å². The van der Waals surface area contributed by atoms with Gasteiger partial charge in [0.15, 0.2) is 11.5 Å². The standard InChI is InChI=1S/C27H27N3O7/c1-4-36-21-12-7-19(8-13-21)27(33)37-22-10-5-18(6-11-22)16-29-30-25(31)17-28-26(32)20-9-14-23(34-2)24(15-20)35-3/h5-16H,4,17H2,1-3H3,(H,28,32)(H,30,31)/b29-16-. The van der Waals surface area contributed by atoms with E-state index in [0.717, 1.165) is 0 Å². The monoisotopic (exact) mass is 505 g/mol. The van der Waals surface area contributed by atoms with E-state index >= 15 is 0 Å². The molecule has 0 aromatic heterocycles. The Labute approximate surface area is 214 Å². The van der Waals surface area contributed by atoms with E-state index in [4.69, 9.17) is 18.9 Å². The Hall–Kier alpha value is -4.86. The molecule has 0 saturated carbocycles. The van der Waals surface area contributed by atoms with Crippen molar-refractivity contribution in [3.63, 3.8) is 0 Å². The number of carbonyl (C=O) groups excluding carboxylic acids is 3. The molecule has 2 N–H and O–H groups in total. The summed E-state index contributed by atoms with van der Waals surface area (Å²) in [6.07, 6.45) is 1.42. The number of methoxy groups -OCH3 is 2. The molecule has 0 saturated heterocycles. The fraction of sp³-hybridized carbons (Fsp3) is 0.185. The molecule has 0 heterocycles. The summed E-state index contributed by atoms with van der Waals surface area (Å²) >= 11 is 0. The first kappa shape index (κ1) is 26.7. The van der Waals surface area contributed by atoms with Crippen molar-refractivity contribution in [1.82, 2.24) is 10.7 Å². The molecular weight excluding hydrogens is 478 g/mol. The van der Waals surface area contributed by atoms with Crippen LogP contribution in [-0.2, 0) is 4.79 Å². The zero-order valence-corrected chi connectivity index (χ0v) is 20.6. The molecule has 2 amide bonds. The van der Waals surface area contributed by atoms with E-state index < -0.39 is 17.8 Å². The number of rotatable bonds is 11. The number of hydrogen-bond acceptors (Lipinski definition) is 8. The molecule has 0 fully saturated rings. The van der Waals surface area contributed by atoms with Crippen molar-refractivity contribution >= 4 is 24.0 Å². The smallest absolute Gasteiger partial charge is 0.343 e. The highest BCUT2D eigenvalue weighted by Gasteiger charge is 2.12. The van der Waals surface area contributed by atoms with Gasteiger partial charge in [0, 0.05) is 5.56 Å². The summed E-state index contributed by atoms with van der Waals surface area (Å²) in [5.74, 6) is 0.479. The summed E-state index contributed by atoms with van der Waals surface area (Å²) in [4.78, 5) is 36.6. The van der Waals surface area contributed by atoms with Gasteiger partial charge in [-0.1, -0.05) is 0 Å². The predicted octanol–water partition coefficient (Wildman–Crippen LogP) is 3.20. The molecular formula is C27H27N3O7. The van der Waals surface area contributed by atoms with Crippen molar-refractivity contribution < 1.29 is 33.3 Å². The minimum atomic E-state index is -0.508. The second-order valence-electron chi connectivity index (χ2n) is 7.46. The molecule has 37 heavy (non-hydrogen) atoms. The lowest BCUT2D eigenvalue weighted by molar-refractivity contribution is -0.120. The molecule has 10 heteroatoms. The van der Waals surface area contributed by atoms with Crippen LogP contribution in [0, 0.1) is 0 Å². The minimum Gasteiger partial charge on any atom is -0.494 e. The van der Waals surface area contributed by atoms with Gasteiger partial charge in [0.05, 0.1) is 39.1 Å². The third-order valence-electron chi connectivity index (χ3n) is 4.95. The van der Waals surface area contributed by atoms with Gasteiger partial charge in [-0.3, -0.25) is 9.59 Å². The van der Waals surface area contributed by atoms with E-state index in [1.54, 1.807) is 60.7 Å². The SMILES string of the molecule is CCOc1ccc(C(=O)Oc2ccc(/C=N\NC(=O)CNC(=O)c3ccc(OC)c(OC)c3)cc2)cc1. The highest BCUT2D eigenvalue weighted by atomic mass is 16.5. The van der Waals surface area contributed by atoms with Crippen LogP contribution in [0.5, 0.6) is 23.0 Å². The van der Waals surface area contributed by atoms with Crippen molar-refractivity contribution in [3.05, 3.63) is 83.4 Å². The first-order valence-electron chi connectivity index (χ1n) is 11.3. The fourth-order valence-corrected chi connectivity index (χ4v) is 3.10. The van der Waals surface area contributed by atoms with Crippen LogP contribution in [0.25, 0.3) is 0 Å². The molecule has 3 aromatic rings. The van der Waals surface area contributed by atoms with E-state index in [1.807, 2.05) is 6.92 Å². The van der Waals surface area contributed by atoms with E-state index in [0.29, 0.717) is 46.3 Å². The quantitative estimate of drug-likeness (QED) is 0.177. The molecule has 0 aliphatic heterocycles. The number of carbonyl (C=O) groups is 3. The Morgan fingerprint density at radius 3 is 2.14 bits per heavy atom. The summed E-state index contributed by atoms with van der Waals surface area (Å²) in [5, 5.41) is 6.38. The summed E-state index contributed by atoms with van der Waals surface area (Å²) < 4.78 is 21.0. The maximum Gasteiger partial charge on any atom is 0.343 e. The average Bonchev–Trinajstić information content (AvgIpc) is 2.92. The summed E-state index contributed by atoms with van der Waals surface area (Å²) in [6.45, 7) is 2.15. The molecule has 3 aromatic carbocycles. The van der Waals surface area contributed by atoms with Crippen molar-refractivity contribution in [3.8, 4) is 23.0 Å². The Bertz CT molecular complexity index is 1260. The van der Waals surface area contributed by atoms with Crippen LogP contribution in [0.4, 0.5) is 0 Å². The molecule has 0 bridgehead atoms. The number of amides is 2. The zero-order valence-electron chi connectivity index (χ0n) is 20.6. The van der Waals surface area contributed by atoms with Crippen LogP contribution in [0.1, 0.15) is 33.2 Å². The van der Waals surface area contributed by atoms with Gasteiger partial charge in [-0.25, -0.2) is 10.2 Å². The van der Waals surface area contributed by atoms with Crippen LogP contribution >= 0.6 is 0 Å². The molecule has 192 valence electrons. The van der Waals surface area contributed by atoms with Gasteiger partial charge in [-0.05, 0) is 79.2 Å². The normalized spacial score (nSPS) is 10.5. The van der Waals surface area contributed by atoms with Gasteiger partial charge in [-0.2, -0.15) is 5.10 Å². The van der Waals surface area contributed by atoms with Crippen LogP contribution in [-0.4, -0.2) is 51.4 Å². The van der Waals surface area contributed by atoms with Crippen LogP contribution in [0.15, 0.2) is 71.8 Å². The number of ether oxygens (including phenoxy) is 4. The Morgan fingerprint density at radius 1 is 0.838 bits per heavy atom. The fourth-order valence-electron chi connectivity index (χ4n) is 3.10. The number of nitrogens with zero attached hydrogens (tertiary/aromatic N) is 1. The number of nitrogens with one attached hydrogen (secondary N) is 2. The first-order valence-corrected chi connectivity index (χ1v) is 11.3. The van der Waals surface area contributed by atoms with Crippen LogP contribution < -0.4 is 29.7 Å². The van der Waals surface area contributed by atoms with Gasteiger partial charge >= 0.3 is 5.97 Å². The molecule has 0 spiro atoms. The maximum absolute atomic E-state index is 12.3. The number of hydrogen-bond donors (Lipinski definition) is 2. The Balaban J connectivity index is 1.45. The van der Waals surface area contributed by atoms with Crippen molar-refractivity contribution in [2.75, 3.05) is 27.4 Å². The lowest BCUT2D eigenvalue weighted by Gasteiger charge is -2.09. The molecule has 0 unspecified atom stereocenters. The molecule has 10 nitrogen and oxygen atoms in total. The number of hydrazone groups is 1. The third-order valence-corrected chi connectivity index (χ3v) is 4.95. The average molecular weight is 506 g/mol. The summed E-state index contributed by atoms with van der Waals surface area (Å²) in [6, 6.07) is 17.9. The van der Waals surface area contributed by atoms with Gasteiger partial charge in [0.2, 0.25) is 0 Å². The number of esters is 1. The van der Waals surface area contributed by atoms with E-state index in [9.17, 15) is 14.4 Å². The van der Waals surface area contributed by atoms with Crippen LogP contribution in [0.2, 0.25) is 0 Å². The molecule has 0 atom stereocenters. The second kappa shape index (κ2) is 13.3. The molecule has 0 radical (unpaired) electrons. The molecule has 3 rings (SSSR count). The summed E-state index contributed by atoms with van der Waals surface area (Å²) in [7, 11) is 2.96. The minimum absolute atomic E-state index is 0.273. The highest BCUT2D eigenvalue weighted by molar-refractivity contribution is 5.97. The summed E-state index contributed by atoms with van der Waals surface area (Å²) in [5.41, 5.74) is 3.71. The van der Waals surface area contributed by atoms with Crippen molar-refractivity contribution in [2.45, 2.75) is 6.92 Å². The van der Waals surface area contributed by atoms with E-state index in [1.165, 1.54) is 26.5 Å². The van der Waals surface area contributed by atoms with Crippen molar-refractivity contribution in [2.24, 2.45) is 5.10 Å². The lowest BCUT2D eigenvalue weighted by Crippen LogP contribution is -2.34. The van der Waals surface area contributed by atoms with Gasteiger partial charge < -0.3 is 24.3 Å². The largest absolute Gasteiger partial charge is 0.494 e. The number of benzene rings is 3. The van der Waals surface area contributed by atoms with Gasteiger partial charge in [0.25, 0.3) is 11.8 Å². The predicted molar refractivity (Wildman–Crippen MR) is 137 cm³/mol. The Morgan fingerprint density at radius 2 is 1.49 bits per heavy atom. The highest BCUT2D eigenvalue weighted by Crippen LogP contribution is 2.27. The van der Waals surface area contributed by atoms with E-state index in [-0.39, 0.29) is 6.54 Å². The van der Waals surface area contributed by atoms with E-state index in [2.05, 4.69) is 15.8 Å². The zero-order chi connectivity index (χ0) is 26.6. The first-order chi connectivity index (χ1) is 17.9. The van der Waals surface area contributed by atoms with Crippen LogP contribution in [0.3, 0.4) is 0 Å². The molecule has 0 aliphatic carbocycles. The molecule has 0 aliphatic rings. The maximum atomic E-state index is 12.3. The van der Waals surface area contributed by atoms with Crippen molar-refractivity contribution in [1.29, 1.82) is 0 Å². The lowest BCUT2D eigenvalue weighted by atomic mass is 10.2. The third kappa shape index (κ3) is 7.82.